The minimum atomic E-state index is -3.04. The fourth-order valence-electron chi connectivity index (χ4n) is 6.87. The van der Waals surface area contributed by atoms with Gasteiger partial charge in [-0.05, 0) is 61.4 Å². The second-order valence-electron chi connectivity index (χ2n) is 12.3. The number of H-pyrrole nitrogens is 1. The van der Waals surface area contributed by atoms with Crippen molar-refractivity contribution in [2.75, 3.05) is 19.6 Å². The lowest BCUT2D eigenvalue weighted by Crippen LogP contribution is -2.61. The Balaban J connectivity index is 1.25. The molecule has 2 saturated heterocycles. The summed E-state index contributed by atoms with van der Waals surface area (Å²) in [5, 5.41) is 3.23. The van der Waals surface area contributed by atoms with Gasteiger partial charge in [0.2, 0.25) is 17.7 Å². The Kier molecular flexibility index (Phi) is 7.89. The highest BCUT2D eigenvalue weighted by Crippen LogP contribution is 2.32. The first kappa shape index (κ1) is 29.8. The molecule has 2 N–H and O–H groups in total. The molecule has 4 heterocycles. The molecule has 9 nitrogen and oxygen atoms in total. The van der Waals surface area contributed by atoms with Crippen LogP contribution in [0.2, 0.25) is 0 Å². The number of nitrogens with one attached hydrogen (secondary N) is 2. The molecule has 6 rings (SSSR count). The molecule has 44 heavy (non-hydrogen) atoms. The third-order valence-electron chi connectivity index (χ3n) is 9.26. The van der Waals surface area contributed by atoms with Gasteiger partial charge in [0, 0.05) is 62.5 Å². The van der Waals surface area contributed by atoms with Crippen molar-refractivity contribution < 1.29 is 28.0 Å². The molecule has 0 radical (unpaired) electrons. The van der Waals surface area contributed by atoms with E-state index in [4.69, 9.17) is 0 Å². The van der Waals surface area contributed by atoms with E-state index in [0.717, 1.165) is 25.3 Å². The van der Waals surface area contributed by atoms with Crippen LogP contribution in [0.3, 0.4) is 0 Å². The summed E-state index contributed by atoms with van der Waals surface area (Å²) in [6.45, 7) is 3.69. The van der Waals surface area contributed by atoms with Crippen molar-refractivity contribution in [3.8, 4) is 0 Å². The summed E-state index contributed by atoms with van der Waals surface area (Å²) in [6.07, 6.45) is 3.42. The van der Waals surface area contributed by atoms with Gasteiger partial charge in [0.15, 0.2) is 0 Å². The fourth-order valence-corrected chi connectivity index (χ4v) is 6.87. The van der Waals surface area contributed by atoms with Crippen LogP contribution in [-0.2, 0) is 33.3 Å². The van der Waals surface area contributed by atoms with Crippen LogP contribution in [0, 0.1) is 0 Å². The van der Waals surface area contributed by atoms with E-state index in [0.29, 0.717) is 49.8 Å². The van der Waals surface area contributed by atoms with E-state index in [9.17, 15) is 28.0 Å². The molecule has 0 bridgehead atoms. The SMILES string of the molecule is CC(=O)N1CC[C@H]2CC[C@@H](C(=O)N3CCCc4ccccc4C3)N2C(=O)[C@@H](NC(=O)c2cc3cc(C(C)(F)F)ccc3[nH]2)C1. The second-order valence-corrected chi connectivity index (χ2v) is 12.3. The van der Waals surface area contributed by atoms with Gasteiger partial charge in [-0.15, -0.1) is 0 Å². The number of alkyl halides is 2. The zero-order chi connectivity index (χ0) is 31.2. The zero-order valence-corrected chi connectivity index (χ0v) is 24.9. The molecule has 0 spiro atoms. The summed E-state index contributed by atoms with van der Waals surface area (Å²) in [7, 11) is 0. The first-order valence-corrected chi connectivity index (χ1v) is 15.2. The Morgan fingerprint density at radius 1 is 0.977 bits per heavy atom. The summed E-state index contributed by atoms with van der Waals surface area (Å²) in [5.74, 6) is -4.34. The quantitative estimate of drug-likeness (QED) is 0.470. The number of aryl methyl sites for hydroxylation is 1. The summed E-state index contributed by atoms with van der Waals surface area (Å²) in [4.78, 5) is 62.1. The van der Waals surface area contributed by atoms with Gasteiger partial charge in [0.05, 0.1) is 0 Å². The van der Waals surface area contributed by atoms with Crippen molar-refractivity contribution >= 4 is 34.5 Å². The number of carbonyl (C=O) groups is 4. The topological polar surface area (TPSA) is 106 Å². The molecule has 232 valence electrons. The van der Waals surface area contributed by atoms with Crippen LogP contribution in [0.5, 0.6) is 0 Å². The molecule has 1 aromatic heterocycles. The van der Waals surface area contributed by atoms with Gasteiger partial charge in [0.1, 0.15) is 17.8 Å². The van der Waals surface area contributed by atoms with Crippen LogP contribution in [-0.4, -0.2) is 81.1 Å². The third kappa shape index (κ3) is 5.79. The fraction of sp³-hybridized carbons (Fsp3) is 0.455. The van der Waals surface area contributed by atoms with Gasteiger partial charge < -0.3 is 25.0 Å². The number of aromatic amines is 1. The number of rotatable bonds is 4. The summed E-state index contributed by atoms with van der Waals surface area (Å²) >= 11 is 0. The molecule has 2 aromatic carbocycles. The monoisotopic (exact) mass is 605 g/mol. The molecule has 0 unspecified atom stereocenters. The van der Waals surface area contributed by atoms with Gasteiger partial charge in [-0.25, -0.2) is 8.78 Å². The number of benzene rings is 2. The Labute approximate surface area is 254 Å². The van der Waals surface area contributed by atoms with Crippen molar-refractivity contribution in [1.82, 2.24) is 25.0 Å². The van der Waals surface area contributed by atoms with Crippen LogP contribution in [0.25, 0.3) is 10.9 Å². The Bertz CT molecular complexity index is 1610. The number of aromatic nitrogens is 1. The van der Waals surface area contributed by atoms with Crippen molar-refractivity contribution in [2.45, 2.75) is 76.5 Å². The Morgan fingerprint density at radius 2 is 1.75 bits per heavy atom. The summed E-state index contributed by atoms with van der Waals surface area (Å²) in [6, 6.07) is 11.7. The van der Waals surface area contributed by atoms with E-state index in [2.05, 4.69) is 16.4 Å². The molecule has 3 atom stereocenters. The lowest BCUT2D eigenvalue weighted by atomic mass is 10.0. The molecule has 4 amide bonds. The summed E-state index contributed by atoms with van der Waals surface area (Å²) in [5.41, 5.74) is 2.78. The van der Waals surface area contributed by atoms with Gasteiger partial charge in [-0.2, -0.15) is 0 Å². The number of fused-ring (bicyclic) bond motifs is 3. The van der Waals surface area contributed by atoms with Crippen molar-refractivity contribution in [3.05, 3.63) is 70.9 Å². The van der Waals surface area contributed by atoms with Crippen LogP contribution in [0.4, 0.5) is 8.78 Å². The average Bonchev–Trinajstić information content (AvgIpc) is 3.54. The molecular formula is C33H37F2N5O4. The van der Waals surface area contributed by atoms with Gasteiger partial charge in [-0.3, -0.25) is 19.2 Å². The maximum atomic E-state index is 14.2. The lowest BCUT2D eigenvalue weighted by molar-refractivity contribution is -0.149. The standard InChI is InChI=1S/C33H37F2N5O4/c1-20(41)38-15-13-25-10-12-29(32(44)39-14-5-8-21-6-3-4-7-22(21)18-39)40(25)31(43)28(19-38)37-30(42)27-17-23-16-24(33(2,34)35)9-11-26(23)36-27/h3-4,6-7,9,11,16-17,25,28-29,36H,5,8,10,12-15,18-19H2,1-2H3,(H,37,42)/t25-,28+,29+/m1/s1. The van der Waals surface area contributed by atoms with E-state index in [1.165, 1.54) is 36.8 Å². The number of carbonyl (C=O) groups excluding carboxylic acids is 4. The van der Waals surface area contributed by atoms with Crippen molar-refractivity contribution in [1.29, 1.82) is 0 Å². The van der Waals surface area contributed by atoms with Gasteiger partial charge in [0.25, 0.3) is 11.8 Å². The van der Waals surface area contributed by atoms with Crippen molar-refractivity contribution in [3.63, 3.8) is 0 Å². The van der Waals surface area contributed by atoms with Crippen molar-refractivity contribution in [2.24, 2.45) is 0 Å². The minimum absolute atomic E-state index is 0.0342. The number of amides is 4. The third-order valence-corrected chi connectivity index (χ3v) is 9.26. The predicted molar refractivity (Wildman–Crippen MR) is 160 cm³/mol. The number of halogens is 2. The summed E-state index contributed by atoms with van der Waals surface area (Å²) < 4.78 is 27.8. The Morgan fingerprint density at radius 3 is 2.50 bits per heavy atom. The highest BCUT2D eigenvalue weighted by molar-refractivity contribution is 6.01. The number of hydrogen-bond donors (Lipinski definition) is 2. The highest BCUT2D eigenvalue weighted by Gasteiger charge is 2.46. The van der Waals surface area contributed by atoms with Gasteiger partial charge >= 0.3 is 0 Å². The lowest BCUT2D eigenvalue weighted by Gasteiger charge is -2.39. The molecule has 3 aliphatic heterocycles. The number of nitrogens with zero attached hydrogens (tertiary/aromatic N) is 3. The molecule has 0 aliphatic carbocycles. The van der Waals surface area contributed by atoms with Crippen LogP contribution in [0.15, 0.2) is 48.5 Å². The molecule has 2 fully saturated rings. The zero-order valence-electron chi connectivity index (χ0n) is 24.9. The molecule has 3 aromatic rings. The Hall–Kier alpha value is -4.28. The number of hydrogen-bond acceptors (Lipinski definition) is 4. The van der Waals surface area contributed by atoms with E-state index in [1.54, 1.807) is 9.80 Å². The van der Waals surface area contributed by atoms with E-state index in [1.807, 2.05) is 23.1 Å². The average molecular weight is 606 g/mol. The van der Waals surface area contributed by atoms with Gasteiger partial charge in [-0.1, -0.05) is 30.3 Å². The smallest absolute Gasteiger partial charge is 0.270 e. The molecule has 0 saturated carbocycles. The second kappa shape index (κ2) is 11.7. The van der Waals surface area contributed by atoms with Crippen LogP contribution >= 0.6 is 0 Å². The van der Waals surface area contributed by atoms with E-state index < -0.39 is 29.8 Å². The molecular weight excluding hydrogens is 568 g/mol. The van der Waals surface area contributed by atoms with Crippen LogP contribution in [0.1, 0.15) is 66.7 Å². The maximum Gasteiger partial charge on any atom is 0.270 e. The van der Waals surface area contributed by atoms with E-state index in [-0.39, 0.29) is 35.7 Å². The first-order chi connectivity index (χ1) is 21.0. The molecule has 11 heteroatoms. The van der Waals surface area contributed by atoms with Crippen LogP contribution < -0.4 is 5.32 Å². The minimum Gasteiger partial charge on any atom is -0.351 e. The first-order valence-electron chi connectivity index (χ1n) is 15.2. The molecule has 3 aliphatic rings. The largest absolute Gasteiger partial charge is 0.351 e. The normalized spacial score (nSPS) is 22.6. The highest BCUT2D eigenvalue weighted by atomic mass is 19.3. The van der Waals surface area contributed by atoms with E-state index >= 15 is 0 Å². The maximum absolute atomic E-state index is 14.2. The predicted octanol–water partition coefficient (Wildman–Crippen LogP) is 3.96.